The number of hydrogen-bond donors (Lipinski definition) is 1. The lowest BCUT2D eigenvalue weighted by molar-refractivity contribution is -0.155. The van der Waals surface area contributed by atoms with Crippen LogP contribution < -0.4 is 0 Å². The van der Waals surface area contributed by atoms with Gasteiger partial charge in [0.1, 0.15) is 29.0 Å². The van der Waals surface area contributed by atoms with E-state index >= 15 is 8.78 Å². The van der Waals surface area contributed by atoms with Crippen molar-refractivity contribution in [3.05, 3.63) is 93.3 Å². The molecule has 0 aliphatic carbocycles. The third-order valence-electron chi connectivity index (χ3n) is 8.90. The van der Waals surface area contributed by atoms with Crippen LogP contribution in [0.4, 0.5) is 8.78 Å². The molecule has 44 heavy (non-hydrogen) atoms. The van der Waals surface area contributed by atoms with Gasteiger partial charge in [-0.1, -0.05) is 30.7 Å². The van der Waals surface area contributed by atoms with Crippen LogP contribution in [-0.4, -0.2) is 64.1 Å². The largest absolute Gasteiger partial charge is 0.382 e. The lowest BCUT2D eigenvalue weighted by Gasteiger charge is -2.44. The molecule has 0 spiro atoms. The van der Waals surface area contributed by atoms with Crippen molar-refractivity contribution >= 4 is 17.5 Å². The number of aromatic nitrogens is 2. The van der Waals surface area contributed by atoms with Crippen LogP contribution >= 0.6 is 11.6 Å². The Balaban J connectivity index is 1.56. The molecule has 6 rings (SSSR count). The van der Waals surface area contributed by atoms with Gasteiger partial charge in [-0.3, -0.25) is 9.69 Å². The van der Waals surface area contributed by atoms with Gasteiger partial charge in [-0.25, -0.2) is 18.7 Å². The summed E-state index contributed by atoms with van der Waals surface area (Å²) in [6, 6.07) is 11.0. The molecule has 9 nitrogen and oxygen atoms in total. The summed E-state index contributed by atoms with van der Waals surface area (Å²) in [6.45, 7) is 2.28. The number of halogens is 3. The first kappa shape index (κ1) is 30.5. The van der Waals surface area contributed by atoms with Crippen molar-refractivity contribution < 1.29 is 32.9 Å². The van der Waals surface area contributed by atoms with E-state index in [1.165, 1.54) is 23.4 Å². The van der Waals surface area contributed by atoms with E-state index < -0.39 is 34.8 Å². The number of amides is 1. The van der Waals surface area contributed by atoms with Crippen LogP contribution in [0.5, 0.6) is 0 Å². The van der Waals surface area contributed by atoms with Gasteiger partial charge in [0.05, 0.1) is 35.9 Å². The Hall–Kier alpha value is -3.53. The Morgan fingerprint density at radius 1 is 1.18 bits per heavy atom. The number of aliphatic hydroxyl groups is 1. The number of nitrogens with zero attached hydrogens (tertiary/aromatic N) is 4. The summed E-state index contributed by atoms with van der Waals surface area (Å²) in [4.78, 5) is 24.3. The number of carbonyl (C=O) groups is 1. The van der Waals surface area contributed by atoms with E-state index in [1.54, 1.807) is 31.2 Å². The Bertz CT molecular complexity index is 1590. The van der Waals surface area contributed by atoms with Gasteiger partial charge < -0.3 is 19.3 Å². The maximum absolute atomic E-state index is 16.8. The molecule has 3 aliphatic heterocycles. The van der Waals surface area contributed by atoms with E-state index in [-0.39, 0.29) is 73.7 Å². The summed E-state index contributed by atoms with van der Waals surface area (Å²) in [5.41, 5.74) is -5.54. The second-order valence-corrected chi connectivity index (χ2v) is 11.8. The molecule has 1 amide bonds. The molecular weight excluding hydrogens is 594 g/mol. The van der Waals surface area contributed by atoms with Crippen molar-refractivity contribution in [1.82, 2.24) is 14.9 Å². The molecule has 4 heterocycles. The summed E-state index contributed by atoms with van der Waals surface area (Å²) < 4.78 is 50.8. The first-order chi connectivity index (χ1) is 21.1. The average molecular weight is 625 g/mol. The van der Waals surface area contributed by atoms with E-state index in [9.17, 15) is 15.2 Å². The van der Waals surface area contributed by atoms with Crippen LogP contribution in [-0.2, 0) is 32.1 Å². The number of fused-ring (bicyclic) bond motifs is 1. The molecule has 1 N–H and O–H groups in total. The number of alkyl halides is 1. The van der Waals surface area contributed by atoms with Crippen molar-refractivity contribution in [3.63, 3.8) is 0 Å². The van der Waals surface area contributed by atoms with E-state index in [0.717, 1.165) is 6.07 Å². The van der Waals surface area contributed by atoms with Crippen molar-refractivity contribution in [2.24, 2.45) is 0 Å². The summed E-state index contributed by atoms with van der Waals surface area (Å²) in [5, 5.41) is 21.5. The summed E-state index contributed by atoms with van der Waals surface area (Å²) in [6.07, 6.45) is 2.45. The van der Waals surface area contributed by atoms with Crippen LogP contribution in [0, 0.1) is 17.1 Å². The topological polar surface area (TPSA) is 118 Å². The molecule has 0 radical (unpaired) electrons. The number of ether oxygens (including phenoxy) is 3. The number of benzene rings is 2. The highest BCUT2D eigenvalue weighted by Gasteiger charge is 2.58. The van der Waals surface area contributed by atoms with Gasteiger partial charge in [-0.15, -0.1) is 0 Å². The monoisotopic (exact) mass is 624 g/mol. The summed E-state index contributed by atoms with van der Waals surface area (Å²) >= 11 is 6.23. The number of nitriles is 1. The zero-order valence-electron chi connectivity index (χ0n) is 24.1. The molecule has 0 bridgehead atoms. The van der Waals surface area contributed by atoms with Gasteiger partial charge >= 0.3 is 0 Å². The fourth-order valence-electron chi connectivity index (χ4n) is 6.50. The second kappa shape index (κ2) is 11.8. The smallest absolute Gasteiger partial charge is 0.257 e. The molecule has 230 valence electrons. The third-order valence-corrected chi connectivity index (χ3v) is 9.15. The van der Waals surface area contributed by atoms with E-state index in [4.69, 9.17) is 25.8 Å². The molecule has 3 aromatic rings. The van der Waals surface area contributed by atoms with Crippen LogP contribution in [0.25, 0.3) is 0 Å². The highest BCUT2D eigenvalue weighted by Crippen LogP contribution is 2.52. The Kier molecular flexibility index (Phi) is 8.15. The molecule has 1 unspecified atom stereocenters. The molecule has 2 saturated heterocycles. The molecule has 2 fully saturated rings. The maximum atomic E-state index is 16.8. The van der Waals surface area contributed by atoms with Crippen molar-refractivity contribution in [2.75, 3.05) is 26.4 Å². The molecule has 1 aromatic heterocycles. The maximum Gasteiger partial charge on any atom is 0.257 e. The second-order valence-electron chi connectivity index (χ2n) is 11.3. The summed E-state index contributed by atoms with van der Waals surface area (Å²) in [7, 11) is 0. The predicted octanol–water partition coefficient (Wildman–Crippen LogP) is 4.92. The molecule has 0 saturated carbocycles. The minimum absolute atomic E-state index is 0.0420. The van der Waals surface area contributed by atoms with Crippen molar-refractivity contribution in [3.8, 4) is 6.07 Å². The van der Waals surface area contributed by atoms with Gasteiger partial charge in [-0.2, -0.15) is 5.26 Å². The first-order valence-electron chi connectivity index (χ1n) is 14.5. The fraction of sp³-hybridized carbons (Fsp3) is 0.438. The van der Waals surface area contributed by atoms with Crippen molar-refractivity contribution in [1.29, 1.82) is 5.26 Å². The quantitative estimate of drug-likeness (QED) is 0.375. The lowest BCUT2D eigenvalue weighted by atomic mass is 9.72. The van der Waals surface area contributed by atoms with E-state index in [1.807, 2.05) is 6.07 Å². The summed E-state index contributed by atoms with van der Waals surface area (Å²) in [5.74, 6) is -1.28. The van der Waals surface area contributed by atoms with Crippen LogP contribution in [0.3, 0.4) is 0 Å². The lowest BCUT2D eigenvalue weighted by Crippen LogP contribution is -2.51. The highest BCUT2D eigenvalue weighted by molar-refractivity contribution is 6.30. The van der Waals surface area contributed by atoms with Crippen molar-refractivity contribution in [2.45, 2.75) is 62.3 Å². The Morgan fingerprint density at radius 3 is 2.50 bits per heavy atom. The molecule has 3 atom stereocenters. The highest BCUT2D eigenvalue weighted by atomic mass is 35.5. The molecular formula is C32H31ClF2N4O5. The normalized spacial score (nSPS) is 24.1. The minimum atomic E-state index is -2.09. The SMILES string of the molecule is CCC(O)(c1cc(F)c2c(c1)C(=O)N(Cc1ncc(C#N)cn1)[C@@]2(O[C@H]1CCOC1)c1ccc(Cl)cc1)C1(F)CCOCC1. The third kappa shape index (κ3) is 4.95. The van der Waals surface area contributed by atoms with Gasteiger partial charge in [0, 0.05) is 55.6 Å². The molecule has 2 aromatic carbocycles. The number of rotatable bonds is 8. The Morgan fingerprint density at radius 2 is 1.89 bits per heavy atom. The van der Waals surface area contributed by atoms with Gasteiger partial charge in [0.15, 0.2) is 0 Å². The van der Waals surface area contributed by atoms with Gasteiger partial charge in [-0.05, 0) is 42.7 Å². The zero-order valence-corrected chi connectivity index (χ0v) is 24.8. The number of carbonyl (C=O) groups excluding carboxylic acids is 1. The van der Waals surface area contributed by atoms with Gasteiger partial charge in [0.2, 0.25) is 5.72 Å². The standard InChI is InChI=1S/C32H31ClF2N4O5/c1-2-31(41,30(35)8-11-42-12-9-30)22-13-25-28(26(34)14-22)32(44-24-7-10-43-19-24,21-3-5-23(33)6-4-21)39(29(25)40)18-27-37-16-20(15-36)17-38-27/h3-6,13-14,16-17,24,41H,2,7-12,18-19H2,1H3/t24-,31?,32+/m0/s1. The Labute approximate surface area is 258 Å². The molecule has 12 heteroatoms. The number of hydrogen-bond acceptors (Lipinski definition) is 8. The average Bonchev–Trinajstić information content (AvgIpc) is 3.63. The first-order valence-corrected chi connectivity index (χ1v) is 14.9. The zero-order chi connectivity index (χ0) is 31.1. The van der Waals surface area contributed by atoms with E-state index in [0.29, 0.717) is 23.6 Å². The van der Waals surface area contributed by atoms with Crippen LogP contribution in [0.1, 0.15) is 71.0 Å². The van der Waals surface area contributed by atoms with Crippen LogP contribution in [0.2, 0.25) is 5.02 Å². The minimum Gasteiger partial charge on any atom is -0.382 e. The van der Waals surface area contributed by atoms with E-state index in [2.05, 4.69) is 9.97 Å². The predicted molar refractivity (Wildman–Crippen MR) is 154 cm³/mol. The molecule has 3 aliphatic rings. The van der Waals surface area contributed by atoms with Crippen LogP contribution in [0.15, 0.2) is 48.8 Å². The van der Waals surface area contributed by atoms with Gasteiger partial charge in [0.25, 0.3) is 5.91 Å². The fourth-order valence-corrected chi connectivity index (χ4v) is 6.63.